The topological polar surface area (TPSA) is 41.6 Å². The van der Waals surface area contributed by atoms with Gasteiger partial charge < -0.3 is 10.2 Å². The van der Waals surface area contributed by atoms with E-state index in [0.717, 1.165) is 23.3 Å². The number of anilines is 1. The van der Waals surface area contributed by atoms with Crippen LogP contribution in [-0.2, 0) is 11.4 Å². The Morgan fingerprint density at radius 3 is 2.50 bits per heavy atom. The largest absolute Gasteiger partial charge is 0.413 e. The third kappa shape index (κ3) is 6.06. The smallest absolute Gasteiger partial charge is 0.255 e. The van der Waals surface area contributed by atoms with E-state index < -0.39 is 23.4 Å². The fraction of sp³-hybridized carbons (Fsp3) is 0.222. The van der Waals surface area contributed by atoms with Gasteiger partial charge in [0.05, 0.1) is 17.6 Å². The number of hydrogen-bond donors (Lipinski definition) is 1. The van der Waals surface area contributed by atoms with Crippen LogP contribution in [0.3, 0.4) is 0 Å². The molecule has 2 unspecified atom stereocenters. The lowest BCUT2D eigenvalue weighted by atomic mass is 9.97. The standard InChI is InChI=1S/C27H24ClF3N2O2S/c1-16-14-35-33(13-18-6-4-3-5-7-18)26(16)17(2)15-36-24-10-19(8-9-21(24)28)27(34)32-20-11-22(29)25(31)23(30)12-20/h3-12,14,17,26H,13,15H2,1-2H3,(H,32,34). The summed E-state index contributed by atoms with van der Waals surface area (Å²) in [4.78, 5) is 19.2. The van der Waals surface area contributed by atoms with Gasteiger partial charge in [0.25, 0.3) is 5.91 Å². The van der Waals surface area contributed by atoms with Crippen molar-refractivity contribution >= 4 is 35.0 Å². The molecule has 3 aromatic carbocycles. The summed E-state index contributed by atoms with van der Waals surface area (Å²) in [7, 11) is 0. The first kappa shape index (κ1) is 26.1. The van der Waals surface area contributed by atoms with Crippen LogP contribution < -0.4 is 5.32 Å². The Labute approximate surface area is 217 Å². The Balaban J connectivity index is 1.42. The molecule has 188 valence electrons. The van der Waals surface area contributed by atoms with Gasteiger partial charge in [-0.05, 0) is 42.2 Å². The van der Waals surface area contributed by atoms with Crippen LogP contribution in [0.4, 0.5) is 18.9 Å². The monoisotopic (exact) mass is 532 g/mol. The van der Waals surface area contributed by atoms with Crippen molar-refractivity contribution in [1.29, 1.82) is 0 Å². The number of nitrogens with one attached hydrogen (secondary N) is 1. The molecule has 0 spiro atoms. The lowest BCUT2D eigenvalue weighted by Gasteiger charge is -2.29. The number of carbonyl (C=O) groups excluding carboxylic acids is 1. The Kier molecular flexibility index (Phi) is 8.28. The molecule has 36 heavy (non-hydrogen) atoms. The average molecular weight is 533 g/mol. The summed E-state index contributed by atoms with van der Waals surface area (Å²) in [5.74, 6) is -4.06. The second-order valence-corrected chi connectivity index (χ2v) is 10.1. The van der Waals surface area contributed by atoms with E-state index in [9.17, 15) is 18.0 Å². The van der Waals surface area contributed by atoms with E-state index in [1.165, 1.54) is 17.8 Å². The van der Waals surface area contributed by atoms with Crippen LogP contribution in [0.1, 0.15) is 29.8 Å². The summed E-state index contributed by atoms with van der Waals surface area (Å²) in [6, 6.07) is 16.3. The molecule has 1 aliphatic rings. The summed E-state index contributed by atoms with van der Waals surface area (Å²) in [5, 5.41) is 4.84. The molecular weight excluding hydrogens is 509 g/mol. The molecule has 0 saturated heterocycles. The van der Waals surface area contributed by atoms with Crippen LogP contribution in [0.5, 0.6) is 0 Å². The van der Waals surface area contributed by atoms with Gasteiger partial charge in [0.1, 0.15) is 6.26 Å². The molecule has 4 nitrogen and oxygen atoms in total. The predicted molar refractivity (Wildman–Crippen MR) is 136 cm³/mol. The Hall–Kier alpha value is -2.94. The molecule has 4 rings (SSSR count). The first-order valence-corrected chi connectivity index (χ1v) is 12.6. The molecule has 3 aromatic rings. The maximum absolute atomic E-state index is 13.5. The number of amides is 1. The van der Waals surface area contributed by atoms with Gasteiger partial charge in [-0.25, -0.2) is 13.2 Å². The lowest BCUT2D eigenvalue weighted by Crippen LogP contribution is -2.36. The van der Waals surface area contributed by atoms with Crippen LogP contribution in [0.25, 0.3) is 0 Å². The highest BCUT2D eigenvalue weighted by atomic mass is 35.5. The van der Waals surface area contributed by atoms with Crippen molar-refractivity contribution in [3.63, 3.8) is 0 Å². The first-order valence-electron chi connectivity index (χ1n) is 11.2. The third-order valence-electron chi connectivity index (χ3n) is 5.81. The van der Waals surface area contributed by atoms with E-state index in [1.807, 2.05) is 30.2 Å². The number of thioether (sulfide) groups is 1. The number of rotatable bonds is 8. The minimum atomic E-state index is -1.59. The fourth-order valence-electron chi connectivity index (χ4n) is 4.04. The van der Waals surface area contributed by atoms with Gasteiger partial charge in [-0.3, -0.25) is 4.79 Å². The van der Waals surface area contributed by atoms with Crippen LogP contribution in [0.2, 0.25) is 5.02 Å². The molecule has 0 aliphatic carbocycles. The minimum Gasteiger partial charge on any atom is -0.413 e. The van der Waals surface area contributed by atoms with Gasteiger partial charge in [0, 0.05) is 34.0 Å². The first-order chi connectivity index (χ1) is 17.2. The molecule has 1 heterocycles. The molecule has 0 bridgehead atoms. The molecule has 0 radical (unpaired) electrons. The molecule has 0 aromatic heterocycles. The maximum Gasteiger partial charge on any atom is 0.255 e. The lowest BCUT2D eigenvalue weighted by molar-refractivity contribution is -0.121. The number of carbonyl (C=O) groups is 1. The quantitative estimate of drug-likeness (QED) is 0.241. The van der Waals surface area contributed by atoms with E-state index in [4.69, 9.17) is 16.4 Å². The number of benzene rings is 3. The zero-order valence-electron chi connectivity index (χ0n) is 19.6. The maximum atomic E-state index is 13.5. The highest BCUT2D eigenvalue weighted by Gasteiger charge is 2.32. The normalized spacial score (nSPS) is 16.4. The molecular formula is C27H24ClF3N2O2S. The van der Waals surface area contributed by atoms with Crippen molar-refractivity contribution in [1.82, 2.24) is 5.06 Å². The van der Waals surface area contributed by atoms with Crippen molar-refractivity contribution in [3.8, 4) is 0 Å². The van der Waals surface area contributed by atoms with Crippen LogP contribution in [0.15, 0.2) is 77.4 Å². The van der Waals surface area contributed by atoms with E-state index in [1.54, 1.807) is 18.4 Å². The van der Waals surface area contributed by atoms with Crippen molar-refractivity contribution in [3.05, 3.63) is 106 Å². The Morgan fingerprint density at radius 1 is 1.11 bits per heavy atom. The highest BCUT2D eigenvalue weighted by molar-refractivity contribution is 7.99. The van der Waals surface area contributed by atoms with Gasteiger partial charge in [0.2, 0.25) is 0 Å². The second-order valence-electron chi connectivity index (χ2n) is 8.61. The molecule has 9 heteroatoms. The van der Waals surface area contributed by atoms with Crippen molar-refractivity contribution in [2.24, 2.45) is 5.92 Å². The van der Waals surface area contributed by atoms with Gasteiger partial charge in [0.15, 0.2) is 17.5 Å². The fourth-order valence-corrected chi connectivity index (χ4v) is 5.37. The number of nitrogens with zero attached hydrogens (tertiary/aromatic N) is 1. The van der Waals surface area contributed by atoms with Gasteiger partial charge >= 0.3 is 0 Å². The zero-order chi connectivity index (χ0) is 25.8. The predicted octanol–water partition coefficient (Wildman–Crippen LogP) is 7.46. The summed E-state index contributed by atoms with van der Waals surface area (Å²) < 4.78 is 40.2. The van der Waals surface area contributed by atoms with Gasteiger partial charge in [-0.2, -0.15) is 0 Å². The molecule has 1 amide bonds. The van der Waals surface area contributed by atoms with Gasteiger partial charge in [-0.15, -0.1) is 16.8 Å². The minimum absolute atomic E-state index is 0.0752. The van der Waals surface area contributed by atoms with Gasteiger partial charge in [-0.1, -0.05) is 48.9 Å². The summed E-state index contributed by atoms with van der Waals surface area (Å²) in [5.41, 5.74) is 2.34. The third-order valence-corrected chi connectivity index (χ3v) is 7.59. The van der Waals surface area contributed by atoms with Crippen LogP contribution in [-0.4, -0.2) is 22.8 Å². The summed E-state index contributed by atoms with van der Waals surface area (Å²) in [6.07, 6.45) is 1.77. The van der Waals surface area contributed by atoms with Crippen molar-refractivity contribution in [2.45, 2.75) is 31.3 Å². The van der Waals surface area contributed by atoms with Crippen LogP contribution in [0, 0.1) is 23.4 Å². The number of hydroxylamine groups is 2. The number of hydrogen-bond acceptors (Lipinski definition) is 4. The molecule has 0 fully saturated rings. The SMILES string of the molecule is CC1=CON(Cc2ccccc2)C1C(C)CSc1cc(C(=O)Nc2cc(F)c(F)c(F)c2)ccc1Cl. The molecule has 2 atom stereocenters. The molecule has 1 N–H and O–H groups in total. The summed E-state index contributed by atoms with van der Waals surface area (Å²) in [6.45, 7) is 4.81. The average Bonchev–Trinajstić information content (AvgIpc) is 3.22. The van der Waals surface area contributed by atoms with Crippen molar-refractivity contribution < 1.29 is 22.8 Å². The molecule has 1 aliphatic heterocycles. The van der Waals surface area contributed by atoms with Crippen LogP contribution >= 0.6 is 23.4 Å². The van der Waals surface area contributed by atoms with E-state index in [2.05, 4.69) is 24.4 Å². The zero-order valence-corrected chi connectivity index (χ0v) is 21.2. The Morgan fingerprint density at radius 2 is 1.81 bits per heavy atom. The number of halogens is 4. The Bertz CT molecular complexity index is 1270. The van der Waals surface area contributed by atoms with E-state index >= 15 is 0 Å². The molecule has 0 saturated carbocycles. The highest BCUT2D eigenvalue weighted by Crippen LogP contribution is 2.34. The van der Waals surface area contributed by atoms with E-state index in [0.29, 0.717) is 22.2 Å². The second kappa shape index (κ2) is 11.4. The summed E-state index contributed by atoms with van der Waals surface area (Å²) >= 11 is 7.89. The van der Waals surface area contributed by atoms with Crippen molar-refractivity contribution in [2.75, 3.05) is 11.1 Å². The van der Waals surface area contributed by atoms with E-state index in [-0.39, 0.29) is 23.2 Å².